The van der Waals surface area contributed by atoms with Gasteiger partial charge in [0.15, 0.2) is 11.5 Å². The average Bonchev–Trinajstić information content (AvgIpc) is 3.22. The van der Waals surface area contributed by atoms with Gasteiger partial charge in [-0.25, -0.2) is 4.79 Å². The first-order valence-electron chi connectivity index (χ1n) is 9.23. The second-order valence-corrected chi connectivity index (χ2v) is 6.30. The van der Waals surface area contributed by atoms with Crippen LogP contribution in [0.25, 0.3) is 22.9 Å². The van der Waals surface area contributed by atoms with Gasteiger partial charge < -0.3 is 23.4 Å². The molecule has 0 saturated carbocycles. The Morgan fingerprint density at radius 3 is 2.13 bits per heavy atom. The molecule has 0 aliphatic rings. The van der Waals surface area contributed by atoms with Crippen molar-refractivity contribution >= 4 is 5.97 Å². The third kappa shape index (κ3) is 3.91. The van der Waals surface area contributed by atoms with E-state index < -0.39 is 5.97 Å². The van der Waals surface area contributed by atoms with Crippen molar-refractivity contribution in [2.24, 2.45) is 0 Å². The fraction of sp³-hybridized carbons (Fsp3) is 0.333. The lowest BCUT2D eigenvalue weighted by Gasteiger charge is -2.12. The molecule has 158 valence electrons. The second kappa shape index (κ2) is 8.81. The van der Waals surface area contributed by atoms with Crippen molar-refractivity contribution < 1.29 is 28.2 Å². The van der Waals surface area contributed by atoms with Crippen LogP contribution in [0, 0.1) is 13.8 Å². The number of hydrogen-bond donors (Lipinski definition) is 0. The number of pyridine rings is 1. The lowest BCUT2D eigenvalue weighted by atomic mass is 10.1. The molecule has 30 heavy (non-hydrogen) atoms. The molecule has 3 rings (SSSR count). The molecule has 0 fully saturated rings. The Bertz CT molecular complexity index is 1050. The predicted molar refractivity (Wildman–Crippen MR) is 108 cm³/mol. The predicted octanol–water partition coefficient (Wildman–Crippen LogP) is 3.62. The molecule has 0 aliphatic carbocycles. The van der Waals surface area contributed by atoms with Crippen molar-refractivity contribution in [2.75, 3.05) is 27.9 Å². The third-order valence-electron chi connectivity index (χ3n) is 4.47. The van der Waals surface area contributed by atoms with Gasteiger partial charge in [0, 0.05) is 5.56 Å². The Kier molecular flexibility index (Phi) is 6.20. The molecule has 0 bridgehead atoms. The van der Waals surface area contributed by atoms with E-state index in [-0.39, 0.29) is 18.4 Å². The summed E-state index contributed by atoms with van der Waals surface area (Å²) >= 11 is 0. The summed E-state index contributed by atoms with van der Waals surface area (Å²) in [4.78, 5) is 16.6. The average molecular weight is 413 g/mol. The quantitative estimate of drug-likeness (QED) is 0.537. The zero-order valence-corrected chi connectivity index (χ0v) is 17.7. The molecule has 9 heteroatoms. The van der Waals surface area contributed by atoms with E-state index in [9.17, 15) is 4.79 Å². The monoisotopic (exact) mass is 413 g/mol. The summed E-state index contributed by atoms with van der Waals surface area (Å²) in [6.45, 7) is 5.57. The molecular weight excluding hydrogens is 390 g/mol. The van der Waals surface area contributed by atoms with Crippen LogP contribution >= 0.6 is 0 Å². The Balaban J connectivity index is 2.05. The van der Waals surface area contributed by atoms with Crippen molar-refractivity contribution in [3.63, 3.8) is 0 Å². The molecular formula is C21H23N3O6. The van der Waals surface area contributed by atoms with E-state index in [1.807, 2.05) is 0 Å². The summed E-state index contributed by atoms with van der Waals surface area (Å²) in [7, 11) is 4.58. The largest absolute Gasteiger partial charge is 0.493 e. The summed E-state index contributed by atoms with van der Waals surface area (Å²) in [5, 5.41) is 8.26. The molecule has 0 radical (unpaired) electrons. The molecule has 0 aliphatic heterocycles. The maximum Gasteiger partial charge on any atom is 0.339 e. The van der Waals surface area contributed by atoms with Gasteiger partial charge in [0.25, 0.3) is 0 Å². The van der Waals surface area contributed by atoms with Crippen LogP contribution in [0.5, 0.6) is 17.2 Å². The minimum atomic E-state index is -0.451. The van der Waals surface area contributed by atoms with Crippen LogP contribution in [-0.2, 0) is 4.74 Å². The molecule has 3 aromatic rings. The summed E-state index contributed by atoms with van der Waals surface area (Å²) in [6.07, 6.45) is 0. The van der Waals surface area contributed by atoms with E-state index in [0.29, 0.717) is 45.3 Å². The van der Waals surface area contributed by atoms with Crippen LogP contribution in [0.4, 0.5) is 0 Å². The zero-order valence-electron chi connectivity index (χ0n) is 17.7. The topological polar surface area (TPSA) is 106 Å². The van der Waals surface area contributed by atoms with Gasteiger partial charge in [-0.1, -0.05) is 0 Å². The standard InChI is InChI=1S/C21H23N3O6/c1-7-29-21(25)15-10-14(11(2)22-12(15)3)20-24-23-19(30-20)13-8-16(26-4)18(28-6)17(9-13)27-5/h8-10H,7H2,1-6H3. The number of carbonyl (C=O) groups is 1. The van der Waals surface area contributed by atoms with E-state index in [2.05, 4.69) is 15.2 Å². The van der Waals surface area contributed by atoms with E-state index in [0.717, 1.165) is 0 Å². The highest BCUT2D eigenvalue weighted by Gasteiger charge is 2.21. The molecule has 0 spiro atoms. The Hall–Kier alpha value is -3.62. The summed E-state index contributed by atoms with van der Waals surface area (Å²) in [5.41, 5.74) is 2.71. The van der Waals surface area contributed by atoms with Gasteiger partial charge in [-0.05, 0) is 39.0 Å². The lowest BCUT2D eigenvalue weighted by molar-refractivity contribution is 0.0525. The Labute approximate surface area is 174 Å². The number of esters is 1. The van der Waals surface area contributed by atoms with Crippen LogP contribution in [0.3, 0.4) is 0 Å². The highest BCUT2D eigenvalue weighted by molar-refractivity contribution is 5.92. The van der Waals surface area contributed by atoms with E-state index >= 15 is 0 Å². The summed E-state index contributed by atoms with van der Waals surface area (Å²) in [5.74, 6) is 1.42. The maximum atomic E-state index is 12.2. The van der Waals surface area contributed by atoms with Crippen molar-refractivity contribution in [2.45, 2.75) is 20.8 Å². The van der Waals surface area contributed by atoms with E-state index in [4.69, 9.17) is 23.4 Å². The lowest BCUT2D eigenvalue weighted by Crippen LogP contribution is -2.09. The van der Waals surface area contributed by atoms with Crippen molar-refractivity contribution in [3.05, 3.63) is 35.2 Å². The number of aryl methyl sites for hydroxylation is 2. The maximum absolute atomic E-state index is 12.2. The Morgan fingerprint density at radius 1 is 0.933 bits per heavy atom. The minimum Gasteiger partial charge on any atom is -0.493 e. The van der Waals surface area contributed by atoms with Gasteiger partial charge in [-0.15, -0.1) is 10.2 Å². The SMILES string of the molecule is CCOC(=O)c1cc(-c2nnc(-c3cc(OC)c(OC)c(OC)c3)o2)c(C)nc1C. The number of benzene rings is 1. The van der Waals surface area contributed by atoms with Crippen LogP contribution in [0.15, 0.2) is 22.6 Å². The first-order chi connectivity index (χ1) is 14.4. The van der Waals surface area contributed by atoms with Crippen LogP contribution < -0.4 is 14.2 Å². The molecule has 0 atom stereocenters. The molecule has 9 nitrogen and oxygen atoms in total. The first-order valence-corrected chi connectivity index (χ1v) is 9.23. The van der Waals surface area contributed by atoms with Crippen molar-refractivity contribution in [1.29, 1.82) is 0 Å². The molecule has 2 heterocycles. The number of aromatic nitrogens is 3. The second-order valence-electron chi connectivity index (χ2n) is 6.30. The number of carbonyl (C=O) groups excluding carboxylic acids is 1. The van der Waals surface area contributed by atoms with Crippen molar-refractivity contribution in [1.82, 2.24) is 15.2 Å². The van der Waals surface area contributed by atoms with Gasteiger partial charge in [-0.2, -0.15) is 0 Å². The number of nitrogens with zero attached hydrogens (tertiary/aromatic N) is 3. The molecule has 2 aromatic heterocycles. The third-order valence-corrected chi connectivity index (χ3v) is 4.47. The highest BCUT2D eigenvalue weighted by Crippen LogP contribution is 2.41. The van der Waals surface area contributed by atoms with Crippen LogP contribution in [0.1, 0.15) is 28.7 Å². The van der Waals surface area contributed by atoms with Gasteiger partial charge >= 0.3 is 5.97 Å². The number of methoxy groups -OCH3 is 3. The highest BCUT2D eigenvalue weighted by atomic mass is 16.5. The number of rotatable bonds is 7. The van der Waals surface area contributed by atoms with E-state index in [1.54, 1.807) is 39.0 Å². The minimum absolute atomic E-state index is 0.231. The Morgan fingerprint density at radius 2 is 1.57 bits per heavy atom. The summed E-state index contributed by atoms with van der Waals surface area (Å²) in [6, 6.07) is 5.08. The van der Waals surface area contributed by atoms with Gasteiger partial charge in [0.05, 0.1) is 50.5 Å². The first kappa shape index (κ1) is 21.1. The molecule has 0 saturated heterocycles. The number of hydrogen-bond acceptors (Lipinski definition) is 9. The number of ether oxygens (including phenoxy) is 4. The molecule has 0 N–H and O–H groups in total. The molecule has 0 unspecified atom stereocenters. The van der Waals surface area contributed by atoms with Gasteiger partial charge in [-0.3, -0.25) is 4.98 Å². The summed E-state index contributed by atoms with van der Waals surface area (Å²) < 4.78 is 27.1. The molecule has 1 aromatic carbocycles. The van der Waals surface area contributed by atoms with Crippen LogP contribution in [-0.4, -0.2) is 49.1 Å². The van der Waals surface area contributed by atoms with Crippen molar-refractivity contribution in [3.8, 4) is 40.2 Å². The fourth-order valence-corrected chi connectivity index (χ4v) is 3.01. The smallest absolute Gasteiger partial charge is 0.339 e. The fourth-order valence-electron chi connectivity index (χ4n) is 3.01. The normalized spacial score (nSPS) is 10.6. The van der Waals surface area contributed by atoms with Gasteiger partial charge in [0.1, 0.15) is 0 Å². The molecule has 0 amide bonds. The van der Waals surface area contributed by atoms with Crippen LogP contribution in [0.2, 0.25) is 0 Å². The van der Waals surface area contributed by atoms with Gasteiger partial charge in [0.2, 0.25) is 17.5 Å². The zero-order chi connectivity index (χ0) is 21.8. The van der Waals surface area contributed by atoms with E-state index in [1.165, 1.54) is 21.3 Å².